The Morgan fingerprint density at radius 1 is 1.31 bits per heavy atom. The molecule has 1 aliphatic rings. The van der Waals surface area contributed by atoms with Gasteiger partial charge in [0.1, 0.15) is 5.00 Å². The van der Waals surface area contributed by atoms with Crippen LogP contribution in [0, 0.1) is 5.92 Å². The third-order valence-corrected chi connectivity index (χ3v) is 6.04. The first-order valence-corrected chi connectivity index (χ1v) is 9.79. The van der Waals surface area contributed by atoms with E-state index in [1.807, 2.05) is 18.2 Å². The lowest BCUT2D eigenvalue weighted by Crippen LogP contribution is -2.22. The molecule has 1 heterocycles. The van der Waals surface area contributed by atoms with Gasteiger partial charge in [-0.05, 0) is 48.4 Å². The highest BCUT2D eigenvalue weighted by Gasteiger charge is 2.27. The van der Waals surface area contributed by atoms with Gasteiger partial charge in [0, 0.05) is 23.0 Å². The number of benzene rings is 1. The summed E-state index contributed by atoms with van der Waals surface area (Å²) in [5.74, 6) is 0.173. The van der Waals surface area contributed by atoms with Gasteiger partial charge in [0.2, 0.25) is 5.91 Å². The highest BCUT2D eigenvalue weighted by molar-refractivity contribution is 7.17. The molecule has 2 N–H and O–H groups in total. The van der Waals surface area contributed by atoms with E-state index in [4.69, 9.17) is 11.6 Å². The minimum atomic E-state index is -0.276. The lowest BCUT2D eigenvalue weighted by Gasteiger charge is -2.18. The number of anilines is 1. The average Bonchev–Trinajstić information content (AvgIpc) is 2.97. The van der Waals surface area contributed by atoms with Crippen LogP contribution in [-0.2, 0) is 17.6 Å². The van der Waals surface area contributed by atoms with Crippen molar-refractivity contribution in [2.75, 3.05) is 12.4 Å². The fourth-order valence-corrected chi connectivity index (χ4v) is 4.74. The van der Waals surface area contributed by atoms with Gasteiger partial charge in [-0.3, -0.25) is 9.59 Å². The molecule has 0 saturated heterocycles. The summed E-state index contributed by atoms with van der Waals surface area (Å²) >= 11 is 7.61. The van der Waals surface area contributed by atoms with E-state index in [1.165, 1.54) is 22.3 Å². The minimum Gasteiger partial charge on any atom is -0.355 e. The zero-order valence-electron chi connectivity index (χ0n) is 14.8. The first kappa shape index (κ1) is 18.7. The van der Waals surface area contributed by atoms with Crippen molar-refractivity contribution in [3.63, 3.8) is 0 Å². The maximum atomic E-state index is 12.4. The normalized spacial score (nSPS) is 16.3. The van der Waals surface area contributed by atoms with Crippen LogP contribution in [-0.4, -0.2) is 18.9 Å². The summed E-state index contributed by atoms with van der Waals surface area (Å²) in [5, 5.41) is 6.77. The molecule has 0 unspecified atom stereocenters. The maximum Gasteiger partial charge on any atom is 0.254 e. The van der Waals surface area contributed by atoms with Crippen molar-refractivity contribution in [3.8, 4) is 0 Å². The fraction of sp³-hybridized carbons (Fsp3) is 0.300. The Labute approximate surface area is 162 Å². The van der Waals surface area contributed by atoms with Crippen LogP contribution in [0.25, 0.3) is 6.08 Å². The first-order chi connectivity index (χ1) is 12.5. The van der Waals surface area contributed by atoms with E-state index in [-0.39, 0.29) is 11.8 Å². The van der Waals surface area contributed by atoms with Gasteiger partial charge in [0.15, 0.2) is 0 Å². The Bertz CT molecular complexity index is 873. The van der Waals surface area contributed by atoms with Gasteiger partial charge in [-0.15, -0.1) is 11.3 Å². The molecular formula is C20H21ClN2O2S. The van der Waals surface area contributed by atoms with Crippen molar-refractivity contribution in [1.29, 1.82) is 0 Å². The quantitative estimate of drug-likeness (QED) is 0.755. The molecule has 4 nitrogen and oxygen atoms in total. The van der Waals surface area contributed by atoms with Crippen LogP contribution < -0.4 is 10.6 Å². The van der Waals surface area contributed by atoms with E-state index in [1.54, 1.807) is 19.2 Å². The summed E-state index contributed by atoms with van der Waals surface area (Å²) in [7, 11) is 1.61. The van der Waals surface area contributed by atoms with E-state index >= 15 is 0 Å². The number of hydrogen-bond donors (Lipinski definition) is 2. The molecule has 1 atom stereocenters. The molecule has 2 amide bonds. The van der Waals surface area contributed by atoms with Crippen molar-refractivity contribution in [3.05, 3.63) is 56.9 Å². The Morgan fingerprint density at radius 2 is 2.08 bits per heavy atom. The van der Waals surface area contributed by atoms with E-state index in [2.05, 4.69) is 17.6 Å². The summed E-state index contributed by atoms with van der Waals surface area (Å²) in [4.78, 5) is 25.9. The molecule has 26 heavy (non-hydrogen) atoms. The SMILES string of the molecule is CNC(=O)c1c(NC(=O)/C=C/c2ccccc2Cl)sc2c1CC[C@H](C)C2. The predicted molar refractivity (Wildman–Crippen MR) is 108 cm³/mol. The number of hydrogen-bond acceptors (Lipinski definition) is 3. The molecule has 0 bridgehead atoms. The van der Waals surface area contributed by atoms with Crippen LogP contribution in [0.4, 0.5) is 5.00 Å². The smallest absolute Gasteiger partial charge is 0.254 e. The van der Waals surface area contributed by atoms with Gasteiger partial charge < -0.3 is 10.6 Å². The largest absolute Gasteiger partial charge is 0.355 e. The standard InChI is InChI=1S/C20H21ClN2O2S/c1-12-7-9-14-16(11-12)26-20(18(14)19(25)22-2)23-17(24)10-8-13-5-3-4-6-15(13)21/h3-6,8,10,12H,7,9,11H2,1-2H3,(H,22,25)(H,23,24)/b10-8+/t12-/m0/s1. The second kappa shape index (κ2) is 8.06. The van der Waals surface area contributed by atoms with Gasteiger partial charge in [-0.25, -0.2) is 0 Å². The Morgan fingerprint density at radius 3 is 2.81 bits per heavy atom. The second-order valence-corrected chi connectivity index (χ2v) is 7.99. The summed E-state index contributed by atoms with van der Waals surface area (Å²) in [5.41, 5.74) is 2.46. The number of fused-ring (bicyclic) bond motifs is 1. The predicted octanol–water partition coefficient (Wildman–Crippen LogP) is 4.54. The molecule has 0 spiro atoms. The molecule has 6 heteroatoms. The molecule has 0 aliphatic heterocycles. The molecule has 1 aromatic heterocycles. The third kappa shape index (κ3) is 4.00. The zero-order valence-corrected chi connectivity index (χ0v) is 16.3. The summed E-state index contributed by atoms with van der Waals surface area (Å²) in [6.45, 7) is 2.22. The van der Waals surface area contributed by atoms with Crippen molar-refractivity contribution in [2.24, 2.45) is 5.92 Å². The van der Waals surface area contributed by atoms with Crippen LogP contribution in [0.15, 0.2) is 30.3 Å². The van der Waals surface area contributed by atoms with E-state index < -0.39 is 0 Å². The third-order valence-electron chi connectivity index (χ3n) is 4.52. The number of amides is 2. The number of thiophene rings is 1. The van der Waals surface area contributed by atoms with Crippen molar-refractivity contribution in [1.82, 2.24) is 5.32 Å². The molecule has 1 aromatic carbocycles. The van der Waals surface area contributed by atoms with Crippen LogP contribution in [0.2, 0.25) is 5.02 Å². The number of halogens is 1. The lowest BCUT2D eigenvalue weighted by atomic mass is 9.88. The molecule has 136 valence electrons. The second-order valence-electron chi connectivity index (χ2n) is 6.48. The lowest BCUT2D eigenvalue weighted by molar-refractivity contribution is -0.111. The number of carbonyl (C=O) groups is 2. The van der Waals surface area contributed by atoms with Gasteiger partial charge in [0.25, 0.3) is 5.91 Å². The number of nitrogens with one attached hydrogen (secondary N) is 2. The van der Waals surface area contributed by atoms with E-state index in [9.17, 15) is 9.59 Å². The van der Waals surface area contributed by atoms with Gasteiger partial charge in [-0.1, -0.05) is 36.7 Å². The first-order valence-electron chi connectivity index (χ1n) is 8.59. The number of rotatable bonds is 4. The monoisotopic (exact) mass is 388 g/mol. The van der Waals surface area contributed by atoms with Crippen molar-refractivity contribution >= 4 is 45.8 Å². The summed E-state index contributed by atoms with van der Waals surface area (Å²) in [6.07, 6.45) is 6.01. The number of carbonyl (C=O) groups excluding carboxylic acids is 2. The van der Waals surface area contributed by atoms with Crippen LogP contribution in [0.5, 0.6) is 0 Å². The molecular weight excluding hydrogens is 368 g/mol. The van der Waals surface area contributed by atoms with Crippen LogP contribution >= 0.6 is 22.9 Å². The summed E-state index contributed by atoms with van der Waals surface area (Å²) < 4.78 is 0. The van der Waals surface area contributed by atoms with Crippen molar-refractivity contribution in [2.45, 2.75) is 26.2 Å². The Balaban J connectivity index is 1.84. The zero-order chi connectivity index (χ0) is 18.7. The maximum absolute atomic E-state index is 12.4. The molecule has 1 aliphatic carbocycles. The topological polar surface area (TPSA) is 58.2 Å². The van der Waals surface area contributed by atoms with Crippen LogP contribution in [0.3, 0.4) is 0 Å². The summed E-state index contributed by atoms with van der Waals surface area (Å²) in [6, 6.07) is 7.32. The molecule has 0 radical (unpaired) electrons. The Kier molecular flexibility index (Phi) is 5.79. The molecule has 2 aromatic rings. The fourth-order valence-electron chi connectivity index (χ4n) is 3.13. The van der Waals surface area contributed by atoms with Crippen molar-refractivity contribution < 1.29 is 9.59 Å². The minimum absolute atomic E-state index is 0.151. The molecule has 3 rings (SSSR count). The van der Waals surface area contributed by atoms with Gasteiger partial charge in [-0.2, -0.15) is 0 Å². The Hall–Kier alpha value is -2.11. The van der Waals surface area contributed by atoms with E-state index in [0.29, 0.717) is 21.5 Å². The average molecular weight is 389 g/mol. The van der Waals surface area contributed by atoms with Gasteiger partial charge >= 0.3 is 0 Å². The van der Waals surface area contributed by atoms with Crippen LogP contribution in [0.1, 0.15) is 39.7 Å². The van der Waals surface area contributed by atoms with Gasteiger partial charge in [0.05, 0.1) is 5.56 Å². The highest BCUT2D eigenvalue weighted by atomic mass is 35.5. The molecule has 0 fully saturated rings. The highest BCUT2D eigenvalue weighted by Crippen LogP contribution is 2.39. The molecule has 0 saturated carbocycles. The van der Waals surface area contributed by atoms with E-state index in [0.717, 1.165) is 30.4 Å².